The second-order valence-electron chi connectivity index (χ2n) is 5.11. The minimum Gasteiger partial charge on any atom is -0.406 e. The number of hydrogen-bond acceptors (Lipinski definition) is 4. The molecular weight excluding hydrogens is 464 g/mol. The first-order chi connectivity index (χ1) is 11.9. The Bertz CT molecular complexity index is 702. The number of nitrogens with two attached hydrogens (primary N) is 1. The van der Waals surface area contributed by atoms with Gasteiger partial charge in [-0.1, -0.05) is 19.1 Å². The molecule has 0 bridgehead atoms. The Balaban J connectivity index is 0.00000338. The van der Waals surface area contributed by atoms with E-state index in [1.807, 2.05) is 11.5 Å². The van der Waals surface area contributed by atoms with E-state index in [4.69, 9.17) is 5.73 Å². The Morgan fingerprint density at radius 2 is 2.00 bits per heavy atom. The van der Waals surface area contributed by atoms with Crippen molar-refractivity contribution < 1.29 is 17.9 Å². The van der Waals surface area contributed by atoms with Gasteiger partial charge >= 0.3 is 6.36 Å². The van der Waals surface area contributed by atoms with Crippen molar-refractivity contribution in [3.05, 3.63) is 42.0 Å². The molecule has 0 spiro atoms. The van der Waals surface area contributed by atoms with E-state index in [9.17, 15) is 13.2 Å². The quantitative estimate of drug-likeness (QED) is 0.358. The summed E-state index contributed by atoms with van der Waals surface area (Å²) in [7, 11) is 0. The van der Waals surface area contributed by atoms with Crippen LogP contribution in [-0.4, -0.2) is 33.6 Å². The van der Waals surface area contributed by atoms with Crippen molar-refractivity contribution in [2.75, 3.05) is 6.54 Å². The zero-order chi connectivity index (χ0) is 18.3. The summed E-state index contributed by atoms with van der Waals surface area (Å²) in [6.07, 6.45) is -2.26. The van der Waals surface area contributed by atoms with E-state index < -0.39 is 6.36 Å². The summed E-state index contributed by atoms with van der Waals surface area (Å²) in [5, 5.41) is 10.8. The number of aliphatic imine (C=N–C) groups is 1. The molecule has 0 aliphatic carbocycles. The zero-order valence-electron chi connectivity index (χ0n) is 14.0. The van der Waals surface area contributed by atoms with Gasteiger partial charge in [0.1, 0.15) is 17.9 Å². The lowest BCUT2D eigenvalue weighted by Crippen LogP contribution is -2.34. The van der Waals surface area contributed by atoms with Crippen molar-refractivity contribution in [1.82, 2.24) is 20.1 Å². The lowest BCUT2D eigenvalue weighted by Gasteiger charge is -2.09. The second-order valence-corrected chi connectivity index (χ2v) is 5.11. The maximum atomic E-state index is 12.1. The zero-order valence-corrected chi connectivity index (χ0v) is 16.4. The van der Waals surface area contributed by atoms with Gasteiger partial charge in [-0.15, -0.1) is 47.3 Å². The number of rotatable bonds is 7. The number of nitrogens with zero attached hydrogens (tertiary/aromatic N) is 4. The summed E-state index contributed by atoms with van der Waals surface area (Å²) in [6.45, 7) is 3.45. The Morgan fingerprint density at radius 3 is 2.62 bits per heavy atom. The molecule has 11 heteroatoms. The van der Waals surface area contributed by atoms with E-state index in [1.54, 1.807) is 6.33 Å². The van der Waals surface area contributed by atoms with Gasteiger partial charge in [0.25, 0.3) is 0 Å². The first-order valence-electron chi connectivity index (χ1n) is 7.62. The van der Waals surface area contributed by atoms with Crippen LogP contribution < -0.4 is 15.8 Å². The highest BCUT2D eigenvalue weighted by atomic mass is 127. The highest BCUT2D eigenvalue weighted by molar-refractivity contribution is 14.0. The first-order valence-corrected chi connectivity index (χ1v) is 7.62. The van der Waals surface area contributed by atoms with Crippen LogP contribution in [-0.2, 0) is 19.5 Å². The summed E-state index contributed by atoms with van der Waals surface area (Å²) >= 11 is 0. The molecule has 0 aliphatic rings. The first kappa shape index (κ1) is 22.0. The van der Waals surface area contributed by atoms with E-state index in [1.165, 1.54) is 24.3 Å². The fourth-order valence-electron chi connectivity index (χ4n) is 2.07. The van der Waals surface area contributed by atoms with Gasteiger partial charge in [-0.25, -0.2) is 4.99 Å². The molecule has 0 amide bonds. The standard InChI is InChI=1S/C15H19F3N6O.HI/c1-2-13-23-22-10-24(13)8-7-20-14(19)21-9-11-3-5-12(6-4-11)25-15(16,17)18;/h3-6,10H,2,7-9H2,1H3,(H3,19,20,21);1H. The fraction of sp³-hybridized carbons (Fsp3) is 0.400. The molecule has 1 aromatic heterocycles. The van der Waals surface area contributed by atoms with E-state index in [2.05, 4.69) is 25.2 Å². The van der Waals surface area contributed by atoms with Crippen LogP contribution in [0.15, 0.2) is 35.6 Å². The monoisotopic (exact) mass is 484 g/mol. The number of guanidine groups is 1. The molecule has 0 radical (unpaired) electrons. The Kier molecular flexibility index (Phi) is 8.61. The van der Waals surface area contributed by atoms with Crippen molar-refractivity contribution in [3.63, 3.8) is 0 Å². The topological polar surface area (TPSA) is 90.4 Å². The van der Waals surface area contributed by atoms with Gasteiger partial charge in [-0.2, -0.15) is 0 Å². The van der Waals surface area contributed by atoms with Gasteiger partial charge in [-0.3, -0.25) is 0 Å². The van der Waals surface area contributed by atoms with Crippen LogP contribution >= 0.6 is 24.0 Å². The number of hydrogen-bond donors (Lipinski definition) is 2. The SMILES string of the molecule is CCc1nncn1CCNC(N)=NCc1ccc(OC(F)(F)F)cc1.I. The molecule has 0 saturated carbocycles. The Morgan fingerprint density at radius 1 is 1.31 bits per heavy atom. The third-order valence-electron chi connectivity index (χ3n) is 3.26. The van der Waals surface area contributed by atoms with E-state index in [0.29, 0.717) is 18.7 Å². The molecule has 0 unspecified atom stereocenters. The normalized spacial score (nSPS) is 11.8. The number of benzene rings is 1. The molecule has 0 saturated heterocycles. The lowest BCUT2D eigenvalue weighted by molar-refractivity contribution is -0.274. The summed E-state index contributed by atoms with van der Waals surface area (Å²) in [5.41, 5.74) is 6.48. The van der Waals surface area contributed by atoms with E-state index in [-0.39, 0.29) is 42.2 Å². The lowest BCUT2D eigenvalue weighted by atomic mass is 10.2. The maximum Gasteiger partial charge on any atom is 0.573 e. The molecular formula is C15H20F3IN6O. The molecule has 2 aromatic rings. The van der Waals surface area contributed by atoms with Crippen molar-refractivity contribution in [3.8, 4) is 5.75 Å². The third-order valence-corrected chi connectivity index (χ3v) is 3.26. The van der Waals surface area contributed by atoms with Gasteiger partial charge < -0.3 is 20.4 Å². The smallest absolute Gasteiger partial charge is 0.406 e. The molecule has 0 fully saturated rings. The molecule has 1 heterocycles. The highest BCUT2D eigenvalue weighted by Crippen LogP contribution is 2.22. The van der Waals surface area contributed by atoms with Gasteiger partial charge in [0.05, 0.1) is 6.54 Å². The molecule has 3 N–H and O–H groups in total. The number of alkyl halides is 3. The molecule has 1 aromatic carbocycles. The number of aryl methyl sites for hydroxylation is 1. The van der Waals surface area contributed by atoms with Crippen molar-refractivity contribution >= 4 is 29.9 Å². The Hall–Kier alpha value is -2.05. The van der Waals surface area contributed by atoms with E-state index in [0.717, 1.165) is 12.2 Å². The minimum atomic E-state index is -4.70. The van der Waals surface area contributed by atoms with Crippen molar-refractivity contribution in [2.24, 2.45) is 10.7 Å². The second kappa shape index (κ2) is 10.2. The number of nitrogens with one attached hydrogen (secondary N) is 1. The van der Waals surface area contributed by atoms with Crippen LogP contribution in [0.5, 0.6) is 5.75 Å². The third kappa shape index (κ3) is 7.45. The summed E-state index contributed by atoms with van der Waals surface area (Å²) in [4.78, 5) is 4.14. The fourth-order valence-corrected chi connectivity index (χ4v) is 2.07. The molecule has 7 nitrogen and oxygen atoms in total. The Labute approximate surface area is 165 Å². The number of aromatic nitrogens is 3. The maximum absolute atomic E-state index is 12.1. The largest absolute Gasteiger partial charge is 0.573 e. The minimum absolute atomic E-state index is 0. The van der Waals surface area contributed by atoms with Gasteiger partial charge in [0.15, 0.2) is 5.96 Å². The van der Waals surface area contributed by atoms with Crippen LogP contribution in [0.4, 0.5) is 13.2 Å². The van der Waals surface area contributed by atoms with Crippen LogP contribution in [0.2, 0.25) is 0 Å². The molecule has 144 valence electrons. The van der Waals surface area contributed by atoms with Gasteiger partial charge in [-0.05, 0) is 17.7 Å². The number of ether oxygens (including phenoxy) is 1. The predicted octanol–water partition coefficient (Wildman–Crippen LogP) is 2.46. The van der Waals surface area contributed by atoms with Gasteiger partial charge in [0.2, 0.25) is 0 Å². The number of halogens is 4. The summed E-state index contributed by atoms with van der Waals surface area (Å²) in [5.74, 6) is 0.868. The predicted molar refractivity (Wildman–Crippen MR) is 101 cm³/mol. The average molecular weight is 484 g/mol. The highest BCUT2D eigenvalue weighted by Gasteiger charge is 2.30. The summed E-state index contributed by atoms with van der Waals surface area (Å²) in [6, 6.07) is 5.48. The van der Waals surface area contributed by atoms with Crippen LogP contribution in [0.25, 0.3) is 0 Å². The van der Waals surface area contributed by atoms with Crippen molar-refractivity contribution in [2.45, 2.75) is 32.8 Å². The molecule has 2 rings (SSSR count). The summed E-state index contributed by atoms with van der Waals surface area (Å²) < 4.78 is 42.0. The molecule has 0 atom stereocenters. The average Bonchev–Trinajstić information content (AvgIpc) is 3.00. The van der Waals surface area contributed by atoms with Crippen molar-refractivity contribution in [1.29, 1.82) is 0 Å². The molecule has 0 aliphatic heterocycles. The van der Waals surface area contributed by atoms with E-state index >= 15 is 0 Å². The molecule has 26 heavy (non-hydrogen) atoms. The van der Waals surface area contributed by atoms with Crippen LogP contribution in [0, 0.1) is 0 Å². The van der Waals surface area contributed by atoms with Crippen LogP contribution in [0.3, 0.4) is 0 Å². The van der Waals surface area contributed by atoms with Crippen LogP contribution in [0.1, 0.15) is 18.3 Å². The van der Waals surface area contributed by atoms with Gasteiger partial charge in [0, 0.05) is 19.5 Å².